The highest BCUT2D eigenvalue weighted by Crippen LogP contribution is 2.29. The molecule has 0 atom stereocenters. The summed E-state index contributed by atoms with van der Waals surface area (Å²) in [5.41, 5.74) is 2.55. The Morgan fingerprint density at radius 1 is 1.23 bits per heavy atom. The number of carbonyl (C=O) groups excluding carboxylic acids is 1. The first kappa shape index (κ1) is 24.5. The second-order valence-electron chi connectivity index (χ2n) is 5.78. The maximum Gasteiger partial charge on any atom is 0.277 e. The van der Waals surface area contributed by atoms with Crippen molar-refractivity contribution >= 4 is 42.1 Å². The molecule has 0 fully saturated rings. The first-order valence-corrected chi connectivity index (χ1v) is 8.52. The number of nitrogens with zero attached hydrogens (tertiary/aromatic N) is 4. The van der Waals surface area contributed by atoms with Crippen LogP contribution in [-0.4, -0.2) is 52.8 Å². The van der Waals surface area contributed by atoms with Gasteiger partial charge < -0.3 is 10.2 Å². The molecule has 0 radical (unpaired) electrons. The Hall–Kier alpha value is -1.48. The average molecular weight is 422 g/mol. The molecular formula is C16H25Cl2N5O2S. The lowest BCUT2D eigenvalue weighted by atomic mass is 10.1. The first-order valence-electron chi connectivity index (χ1n) is 7.70. The summed E-state index contributed by atoms with van der Waals surface area (Å²) in [7, 11) is 5.23. The molecule has 1 amide bonds. The van der Waals surface area contributed by atoms with Gasteiger partial charge >= 0.3 is 0 Å². The van der Waals surface area contributed by atoms with Crippen molar-refractivity contribution in [1.82, 2.24) is 25.0 Å². The number of carbonyl (C=O) groups is 1. The highest BCUT2D eigenvalue weighted by atomic mass is 35.5. The van der Waals surface area contributed by atoms with Crippen LogP contribution in [0.2, 0.25) is 0 Å². The number of likely N-dealkylation sites (N-methyl/N-ethyl adjacent to an activating group) is 2. The number of thiazole rings is 1. The molecule has 146 valence electrons. The zero-order chi connectivity index (χ0) is 18.0. The number of hydrogen-bond acceptors (Lipinski definition) is 6. The molecule has 0 bridgehead atoms. The quantitative estimate of drug-likeness (QED) is 0.797. The number of hydrogen-bond donors (Lipinski definition) is 1. The van der Waals surface area contributed by atoms with Crippen molar-refractivity contribution in [1.29, 1.82) is 0 Å². The third-order valence-corrected chi connectivity index (χ3v) is 5.14. The molecule has 0 aromatic carbocycles. The molecule has 0 saturated carbocycles. The van der Waals surface area contributed by atoms with Crippen LogP contribution >= 0.6 is 36.2 Å². The lowest BCUT2D eigenvalue weighted by Crippen LogP contribution is -2.32. The fourth-order valence-corrected chi connectivity index (χ4v) is 3.51. The van der Waals surface area contributed by atoms with Crippen molar-refractivity contribution in [2.75, 3.05) is 27.2 Å². The smallest absolute Gasteiger partial charge is 0.277 e. The summed E-state index contributed by atoms with van der Waals surface area (Å²) < 4.78 is 1.31. The summed E-state index contributed by atoms with van der Waals surface area (Å²) in [4.78, 5) is 31.8. The van der Waals surface area contributed by atoms with Crippen molar-refractivity contribution < 1.29 is 4.79 Å². The van der Waals surface area contributed by atoms with Crippen LogP contribution in [-0.2, 0) is 7.05 Å². The molecule has 2 aromatic rings. The average Bonchev–Trinajstić information content (AvgIpc) is 2.91. The largest absolute Gasteiger partial charge is 0.340 e. The van der Waals surface area contributed by atoms with Gasteiger partial charge in [-0.15, -0.1) is 36.2 Å². The van der Waals surface area contributed by atoms with E-state index in [1.807, 2.05) is 20.9 Å². The van der Waals surface area contributed by atoms with Gasteiger partial charge in [-0.2, -0.15) is 5.10 Å². The predicted octanol–water partition coefficient (Wildman–Crippen LogP) is 1.96. The van der Waals surface area contributed by atoms with Crippen LogP contribution in [0.25, 0.3) is 10.6 Å². The molecule has 1 N–H and O–H groups in total. The van der Waals surface area contributed by atoms with Crippen molar-refractivity contribution in [3.05, 3.63) is 32.2 Å². The molecule has 0 spiro atoms. The van der Waals surface area contributed by atoms with Gasteiger partial charge in [-0.1, -0.05) is 0 Å². The van der Waals surface area contributed by atoms with E-state index in [4.69, 9.17) is 0 Å². The van der Waals surface area contributed by atoms with E-state index in [0.29, 0.717) is 27.7 Å². The predicted molar refractivity (Wildman–Crippen MR) is 110 cm³/mol. The van der Waals surface area contributed by atoms with Crippen LogP contribution in [0, 0.1) is 20.8 Å². The van der Waals surface area contributed by atoms with Gasteiger partial charge in [0.05, 0.1) is 17.0 Å². The molecule has 0 aliphatic heterocycles. The van der Waals surface area contributed by atoms with Gasteiger partial charge in [-0.3, -0.25) is 9.59 Å². The summed E-state index contributed by atoms with van der Waals surface area (Å²) in [6, 6.07) is 0. The number of halogens is 2. The first-order chi connectivity index (χ1) is 11.3. The van der Waals surface area contributed by atoms with Gasteiger partial charge in [0.1, 0.15) is 9.88 Å². The Balaban J connectivity index is 0.00000312. The van der Waals surface area contributed by atoms with Crippen LogP contribution in [0.15, 0.2) is 4.79 Å². The molecule has 0 unspecified atom stereocenters. The monoisotopic (exact) mass is 421 g/mol. The normalized spacial score (nSPS) is 10.1. The van der Waals surface area contributed by atoms with Gasteiger partial charge in [0.15, 0.2) is 0 Å². The highest BCUT2D eigenvalue weighted by Gasteiger charge is 2.22. The Morgan fingerprint density at radius 2 is 1.85 bits per heavy atom. The summed E-state index contributed by atoms with van der Waals surface area (Å²) >= 11 is 1.26. The molecule has 2 aromatic heterocycles. The molecular weight excluding hydrogens is 397 g/mol. The maximum absolute atomic E-state index is 12.6. The van der Waals surface area contributed by atoms with E-state index in [-0.39, 0.29) is 36.3 Å². The zero-order valence-corrected chi connectivity index (χ0v) is 18.2. The van der Waals surface area contributed by atoms with Gasteiger partial charge in [0.2, 0.25) is 0 Å². The molecule has 0 aliphatic rings. The molecule has 10 heteroatoms. The second-order valence-corrected chi connectivity index (χ2v) is 6.78. The molecule has 0 saturated heterocycles. The maximum atomic E-state index is 12.6. The standard InChI is InChI=1S/C16H23N5O2S.2ClH/c1-9-10(2)19-21(6)15(22)12(9)14-18-11(3)13(24-14)16(23)20(5)8-7-17-4;;/h17H,7-8H2,1-6H3;2*1H. The van der Waals surface area contributed by atoms with Crippen molar-refractivity contribution in [3.63, 3.8) is 0 Å². The SMILES string of the molecule is CNCCN(C)C(=O)c1sc(-c2c(C)c(C)nn(C)c2=O)nc1C.Cl.Cl. The summed E-state index contributed by atoms with van der Waals surface area (Å²) in [5.74, 6) is -0.0771. The minimum absolute atomic E-state index is 0. The van der Waals surface area contributed by atoms with E-state index in [1.54, 1.807) is 25.9 Å². The number of rotatable bonds is 5. The molecule has 2 rings (SSSR count). The Morgan fingerprint density at radius 3 is 2.42 bits per heavy atom. The van der Waals surface area contributed by atoms with Crippen LogP contribution in [0.1, 0.15) is 26.6 Å². The van der Waals surface area contributed by atoms with E-state index in [0.717, 1.165) is 17.8 Å². The fourth-order valence-electron chi connectivity index (χ4n) is 2.36. The summed E-state index contributed by atoms with van der Waals surface area (Å²) in [6.45, 7) is 6.84. The van der Waals surface area contributed by atoms with E-state index in [2.05, 4.69) is 15.4 Å². The lowest BCUT2D eigenvalue weighted by Gasteiger charge is -2.15. The minimum atomic E-state index is -0.200. The van der Waals surface area contributed by atoms with Crippen molar-refractivity contribution in [2.24, 2.45) is 7.05 Å². The molecule has 2 heterocycles. The number of nitrogens with one attached hydrogen (secondary N) is 1. The van der Waals surface area contributed by atoms with Crippen LogP contribution in [0.5, 0.6) is 0 Å². The lowest BCUT2D eigenvalue weighted by molar-refractivity contribution is 0.0800. The Kier molecular flexibility index (Phi) is 9.44. The fraction of sp³-hybridized carbons (Fsp3) is 0.500. The van der Waals surface area contributed by atoms with E-state index >= 15 is 0 Å². The third kappa shape index (κ3) is 4.82. The van der Waals surface area contributed by atoms with Gasteiger partial charge in [0, 0.05) is 27.2 Å². The van der Waals surface area contributed by atoms with E-state index < -0.39 is 0 Å². The Bertz CT molecular complexity index is 835. The topological polar surface area (TPSA) is 80.1 Å². The van der Waals surface area contributed by atoms with Gasteiger partial charge in [-0.25, -0.2) is 9.67 Å². The minimum Gasteiger partial charge on any atom is -0.340 e. The molecule has 26 heavy (non-hydrogen) atoms. The zero-order valence-electron chi connectivity index (χ0n) is 15.7. The van der Waals surface area contributed by atoms with E-state index in [9.17, 15) is 9.59 Å². The number of aromatic nitrogens is 3. The summed E-state index contributed by atoms with van der Waals surface area (Å²) in [6.07, 6.45) is 0. The second kappa shape index (κ2) is 10.0. The number of amides is 1. The van der Waals surface area contributed by atoms with Crippen LogP contribution < -0.4 is 10.9 Å². The van der Waals surface area contributed by atoms with Gasteiger partial charge in [-0.05, 0) is 33.4 Å². The third-order valence-electron chi connectivity index (χ3n) is 3.97. The van der Waals surface area contributed by atoms with Crippen molar-refractivity contribution in [3.8, 4) is 10.6 Å². The number of aryl methyl sites for hydroxylation is 3. The van der Waals surface area contributed by atoms with Gasteiger partial charge in [0.25, 0.3) is 11.5 Å². The molecule has 0 aliphatic carbocycles. The van der Waals surface area contributed by atoms with E-state index in [1.165, 1.54) is 16.0 Å². The van der Waals surface area contributed by atoms with Crippen molar-refractivity contribution in [2.45, 2.75) is 20.8 Å². The van der Waals surface area contributed by atoms with Crippen LogP contribution in [0.3, 0.4) is 0 Å². The highest BCUT2D eigenvalue weighted by molar-refractivity contribution is 7.17. The van der Waals surface area contributed by atoms with Crippen LogP contribution in [0.4, 0.5) is 0 Å². The molecule has 7 nitrogen and oxygen atoms in total. The summed E-state index contributed by atoms with van der Waals surface area (Å²) in [5, 5.41) is 7.78. The Labute approximate surface area is 169 Å².